The van der Waals surface area contributed by atoms with Crippen LogP contribution in [0.25, 0.3) is 5.69 Å². The van der Waals surface area contributed by atoms with E-state index in [1.54, 1.807) is 14.0 Å². The summed E-state index contributed by atoms with van der Waals surface area (Å²) >= 11 is 5.78. The lowest BCUT2D eigenvalue weighted by molar-refractivity contribution is -0.0987. The first-order valence-corrected chi connectivity index (χ1v) is 9.25. The molecule has 0 aliphatic carbocycles. The number of imidazole rings is 1. The Hall–Kier alpha value is -3.59. The van der Waals surface area contributed by atoms with E-state index in [2.05, 4.69) is 10.3 Å². The molecule has 0 unspecified atom stereocenters. The maximum atomic E-state index is 13.1. The van der Waals surface area contributed by atoms with Gasteiger partial charge in [-0.25, -0.2) is 13.8 Å². The number of amides is 1. The average Bonchev–Trinajstić information content (AvgIpc) is 3.19. The van der Waals surface area contributed by atoms with Crippen LogP contribution < -0.4 is 10.1 Å². The van der Waals surface area contributed by atoms with Gasteiger partial charge in [-0.3, -0.25) is 4.79 Å². The third-order valence-electron chi connectivity index (χ3n) is 3.83. The van der Waals surface area contributed by atoms with Gasteiger partial charge in [-0.2, -0.15) is 0 Å². The summed E-state index contributed by atoms with van der Waals surface area (Å²) in [5.41, 5.74) is 1.52. The van der Waals surface area contributed by atoms with Gasteiger partial charge in [0.1, 0.15) is 42.5 Å². The predicted octanol–water partition coefficient (Wildman–Crippen LogP) is 4.11. The Morgan fingerprint density at radius 2 is 1.62 bits per heavy atom. The van der Waals surface area contributed by atoms with Crippen molar-refractivity contribution in [2.24, 2.45) is 0 Å². The molecule has 0 aliphatic rings. The van der Waals surface area contributed by atoms with Gasteiger partial charge in [0, 0.05) is 24.3 Å². The highest BCUT2D eigenvalue weighted by Crippen LogP contribution is 2.20. The van der Waals surface area contributed by atoms with E-state index in [0.29, 0.717) is 5.82 Å². The number of aryl methyl sites for hydroxylation is 2. The number of nitrogens with zero attached hydrogens (tertiary/aromatic N) is 2. The highest BCUT2D eigenvalue weighted by Gasteiger charge is 2.12. The summed E-state index contributed by atoms with van der Waals surface area (Å²) in [6.45, 7) is 7.60. The highest BCUT2D eigenvalue weighted by atomic mass is 35.5. The maximum Gasteiger partial charge on any atom is 0.271 e. The van der Waals surface area contributed by atoms with Gasteiger partial charge >= 0.3 is 0 Å². The monoisotopic (exact) mass is 467 g/mol. The van der Waals surface area contributed by atoms with E-state index < -0.39 is 11.6 Å². The fourth-order valence-electron chi connectivity index (χ4n) is 2.39. The van der Waals surface area contributed by atoms with Crippen LogP contribution >= 0.6 is 11.6 Å². The van der Waals surface area contributed by atoms with Crippen molar-refractivity contribution in [3.8, 4) is 11.4 Å². The Morgan fingerprint density at radius 3 is 2.09 bits per heavy atom. The van der Waals surface area contributed by atoms with Crippen LogP contribution in [-0.2, 0) is 9.59 Å². The molecule has 0 bridgehead atoms. The van der Waals surface area contributed by atoms with Crippen LogP contribution in [0.1, 0.15) is 21.9 Å². The molecular weight excluding hydrogens is 444 g/mol. The van der Waals surface area contributed by atoms with Crippen LogP contribution in [0.2, 0.25) is 5.02 Å². The average molecular weight is 468 g/mol. The van der Waals surface area contributed by atoms with Crippen molar-refractivity contribution in [1.82, 2.24) is 14.9 Å². The van der Waals surface area contributed by atoms with Crippen molar-refractivity contribution in [3.05, 3.63) is 76.3 Å². The van der Waals surface area contributed by atoms with Crippen LogP contribution in [0.5, 0.6) is 5.75 Å². The molecule has 3 aromatic rings. The van der Waals surface area contributed by atoms with Gasteiger partial charge in [0.15, 0.2) is 0 Å². The lowest BCUT2D eigenvalue weighted by Crippen LogP contribution is -2.18. The first-order chi connectivity index (χ1) is 15.2. The largest absolute Gasteiger partial charge is 0.497 e. The normalized spacial score (nSPS) is 9.09. The number of hydrogen-bond donors (Lipinski definition) is 1. The second-order valence-corrected chi connectivity index (χ2v) is 6.27. The minimum Gasteiger partial charge on any atom is -0.497 e. The van der Waals surface area contributed by atoms with Crippen LogP contribution in [0.3, 0.4) is 0 Å². The summed E-state index contributed by atoms with van der Waals surface area (Å²) in [6, 6.07) is 8.71. The lowest BCUT2D eigenvalue weighted by Gasteiger charge is -2.04. The van der Waals surface area contributed by atoms with E-state index >= 15 is 0 Å². The first-order valence-electron chi connectivity index (χ1n) is 8.87. The number of halogens is 3. The number of rotatable bonds is 3. The number of hydrogen-bond acceptors (Lipinski definition) is 5. The van der Waals surface area contributed by atoms with Crippen LogP contribution in [-0.4, -0.2) is 43.2 Å². The molecule has 7 nitrogen and oxygen atoms in total. The van der Waals surface area contributed by atoms with E-state index in [1.165, 1.54) is 29.9 Å². The van der Waals surface area contributed by atoms with Gasteiger partial charge in [0.2, 0.25) is 0 Å². The van der Waals surface area contributed by atoms with Gasteiger partial charge in [-0.15, -0.1) is 0 Å². The van der Waals surface area contributed by atoms with Gasteiger partial charge in [-0.05, 0) is 49.7 Å². The smallest absolute Gasteiger partial charge is 0.271 e. The van der Waals surface area contributed by atoms with Crippen molar-refractivity contribution in [3.63, 3.8) is 0 Å². The summed E-state index contributed by atoms with van der Waals surface area (Å²) in [5, 5.41) is 3.21. The molecule has 2 aromatic carbocycles. The molecule has 3 rings (SSSR count). The number of ether oxygens (including phenoxy) is 1. The third kappa shape index (κ3) is 8.27. The highest BCUT2D eigenvalue weighted by molar-refractivity contribution is 6.31. The van der Waals surface area contributed by atoms with Crippen molar-refractivity contribution in [1.29, 1.82) is 0 Å². The number of methoxy groups -OCH3 is 1. The quantitative estimate of drug-likeness (QED) is 0.626. The topological polar surface area (TPSA) is 90.3 Å². The van der Waals surface area contributed by atoms with Gasteiger partial charge in [0.05, 0.1) is 12.8 Å². The molecule has 0 saturated heterocycles. The summed E-state index contributed by atoms with van der Waals surface area (Å²) < 4.78 is 32.7. The van der Waals surface area contributed by atoms with Gasteiger partial charge < -0.3 is 24.2 Å². The minimum absolute atomic E-state index is 0.194. The molecule has 172 valence electrons. The molecule has 1 heterocycles. The Morgan fingerprint density at radius 1 is 1.06 bits per heavy atom. The van der Waals surface area contributed by atoms with Crippen molar-refractivity contribution < 1.29 is 27.9 Å². The van der Waals surface area contributed by atoms with Crippen LogP contribution in [0, 0.1) is 25.5 Å². The number of aromatic nitrogens is 2. The zero-order valence-electron chi connectivity index (χ0n) is 18.1. The molecule has 32 heavy (non-hydrogen) atoms. The predicted molar refractivity (Wildman–Crippen MR) is 119 cm³/mol. The number of benzene rings is 2. The zero-order valence-corrected chi connectivity index (χ0v) is 18.9. The van der Waals surface area contributed by atoms with Gasteiger partial charge in [-0.1, -0.05) is 11.6 Å². The second kappa shape index (κ2) is 14.4. The summed E-state index contributed by atoms with van der Waals surface area (Å²) in [4.78, 5) is 31.4. The van der Waals surface area contributed by atoms with Crippen molar-refractivity contribution >= 4 is 31.1 Å². The fraction of sp³-hybridized carbons (Fsp3) is 0.182. The number of carbonyl (C=O) groups is 3. The Bertz CT molecular complexity index is 1010. The molecule has 0 radical (unpaired) electrons. The molecule has 1 amide bonds. The molecule has 0 spiro atoms. The molecule has 0 aliphatic heterocycles. The molecule has 1 N–H and O–H groups in total. The van der Waals surface area contributed by atoms with E-state index in [1.807, 2.05) is 38.7 Å². The summed E-state index contributed by atoms with van der Waals surface area (Å²) in [6.07, 6.45) is 1.43. The molecule has 0 atom stereocenters. The van der Waals surface area contributed by atoms with Crippen LogP contribution in [0.15, 0.2) is 42.6 Å². The van der Waals surface area contributed by atoms with Gasteiger partial charge in [0.25, 0.3) is 5.91 Å². The number of carbonyl (C=O) groups excluding carboxylic acids is 3. The third-order valence-corrected chi connectivity index (χ3v) is 4.26. The van der Waals surface area contributed by atoms with E-state index in [4.69, 9.17) is 25.9 Å². The Balaban J connectivity index is 0.000000582. The van der Waals surface area contributed by atoms with E-state index in [9.17, 15) is 13.6 Å². The molecule has 10 heteroatoms. The number of nitrogens with one attached hydrogen (secondary N) is 1. The van der Waals surface area contributed by atoms with E-state index in [0.717, 1.165) is 22.4 Å². The van der Waals surface area contributed by atoms with Crippen molar-refractivity contribution in [2.45, 2.75) is 13.8 Å². The fourth-order valence-corrected chi connectivity index (χ4v) is 2.51. The molecule has 1 aromatic heterocycles. The van der Waals surface area contributed by atoms with Crippen molar-refractivity contribution in [2.75, 3.05) is 14.2 Å². The Kier molecular flexibility index (Phi) is 12.8. The minimum atomic E-state index is -0.681. The van der Waals surface area contributed by atoms with E-state index in [-0.39, 0.29) is 17.3 Å². The standard InChI is InChI=1S/C12H11F2N3O.C8H9ClO.2CH2O/c1-7-16-11(12(18)15-2)6-17(7)10-4-8(13)3-9(14)5-10;1-6-5-7(10-2)3-4-8(6)9;2*1-2/h3-6H,1-2H3,(H,15,18);3-5H,1-2H3;2*1H2. The Labute approximate surface area is 190 Å². The molecule has 0 saturated carbocycles. The SMILES string of the molecule is C=O.C=O.CNC(=O)c1cn(-c2cc(F)cc(F)c2)c(C)n1.COc1ccc(Cl)c(C)c1. The molecular formula is C22H24ClF2N3O4. The lowest BCUT2D eigenvalue weighted by atomic mass is 10.2. The zero-order chi connectivity index (χ0) is 24.8. The second-order valence-electron chi connectivity index (χ2n) is 5.87. The summed E-state index contributed by atoms with van der Waals surface area (Å²) in [7, 11) is 3.13. The molecule has 0 fully saturated rings. The summed E-state index contributed by atoms with van der Waals surface area (Å²) in [5.74, 6) is -0.395. The maximum absolute atomic E-state index is 13.1. The van der Waals surface area contributed by atoms with Crippen LogP contribution in [0.4, 0.5) is 8.78 Å². The first kappa shape index (κ1) is 28.4.